The van der Waals surface area contributed by atoms with E-state index in [0.717, 1.165) is 6.07 Å². The van der Waals surface area contributed by atoms with Crippen molar-refractivity contribution in [1.82, 2.24) is 0 Å². The van der Waals surface area contributed by atoms with Crippen LogP contribution in [0, 0.1) is 10.1 Å². The van der Waals surface area contributed by atoms with Crippen LogP contribution >= 0.6 is 11.6 Å². The van der Waals surface area contributed by atoms with Crippen LogP contribution in [0.3, 0.4) is 0 Å². The van der Waals surface area contributed by atoms with E-state index in [9.17, 15) is 23.3 Å². The minimum Gasteiger partial charge on any atom is -0.370 e. The fraction of sp³-hybridized carbons (Fsp3) is 0.111. The first-order valence-corrected chi connectivity index (χ1v) is 7.39. The summed E-state index contributed by atoms with van der Waals surface area (Å²) in [6.07, 6.45) is 0.715. The molecule has 0 aliphatic carbocycles. The van der Waals surface area contributed by atoms with Gasteiger partial charge in [0, 0.05) is 11.8 Å². The van der Waals surface area contributed by atoms with Gasteiger partial charge in [-0.2, -0.15) is 13.4 Å². The normalized spacial score (nSPS) is 9.95. The van der Waals surface area contributed by atoms with E-state index in [1.807, 2.05) is 0 Å². The molecule has 0 fully saturated rings. The zero-order valence-electron chi connectivity index (χ0n) is 11.1. The SMILES string of the molecule is CS(=O)(=O)O.NC(N)=NC(=O)Nc1ccc([N+](=O)[O-])c(Cl)c1. The summed E-state index contributed by atoms with van der Waals surface area (Å²) in [5.74, 6) is -0.393. The minimum absolute atomic E-state index is 0.0995. The Bertz CT molecular complexity index is 692. The van der Waals surface area contributed by atoms with Crippen molar-refractivity contribution in [3.05, 3.63) is 33.3 Å². The second-order valence-electron chi connectivity index (χ2n) is 3.62. The lowest BCUT2D eigenvalue weighted by Crippen LogP contribution is -2.25. The van der Waals surface area contributed by atoms with Crippen LogP contribution in [0.15, 0.2) is 23.2 Å². The highest BCUT2D eigenvalue weighted by atomic mass is 35.5. The van der Waals surface area contributed by atoms with Crippen LogP contribution in [0.4, 0.5) is 16.2 Å². The van der Waals surface area contributed by atoms with E-state index < -0.39 is 27.0 Å². The number of amides is 2. The van der Waals surface area contributed by atoms with Gasteiger partial charge < -0.3 is 16.8 Å². The van der Waals surface area contributed by atoms with Crippen molar-refractivity contribution >= 4 is 45.1 Å². The molecule has 1 rings (SSSR count). The zero-order chi connectivity index (χ0) is 17.5. The van der Waals surface area contributed by atoms with Gasteiger partial charge in [-0.15, -0.1) is 0 Å². The van der Waals surface area contributed by atoms with Crippen LogP contribution < -0.4 is 16.8 Å². The number of nitro groups is 1. The average Bonchev–Trinajstić information content (AvgIpc) is 2.24. The molecule has 0 spiro atoms. The Kier molecular flexibility index (Phi) is 7.21. The first-order chi connectivity index (χ1) is 9.90. The summed E-state index contributed by atoms with van der Waals surface area (Å²) in [4.78, 5) is 24.2. The standard InChI is InChI=1S/C8H8ClN5O3.CH4O3S/c9-5-3-4(1-2-6(5)14(16)17)12-8(15)13-7(10)11;1-5(2,3)4/h1-3H,(H5,10,11,12,13,15);1H3,(H,2,3,4). The number of nitrogens with two attached hydrogens (primary N) is 2. The molecular weight excluding hydrogens is 342 g/mol. The number of nitrogens with one attached hydrogen (secondary N) is 1. The number of hydrogen-bond acceptors (Lipinski definition) is 5. The van der Waals surface area contributed by atoms with Gasteiger partial charge >= 0.3 is 6.03 Å². The van der Waals surface area contributed by atoms with Gasteiger partial charge in [0.2, 0.25) is 0 Å². The average molecular weight is 354 g/mol. The summed E-state index contributed by atoms with van der Waals surface area (Å²) in [5.41, 5.74) is 9.97. The number of guanidine groups is 1. The van der Waals surface area contributed by atoms with E-state index in [2.05, 4.69) is 10.3 Å². The van der Waals surface area contributed by atoms with Crippen molar-refractivity contribution in [3.63, 3.8) is 0 Å². The van der Waals surface area contributed by atoms with E-state index in [-0.39, 0.29) is 16.4 Å². The molecule has 22 heavy (non-hydrogen) atoms. The number of urea groups is 1. The van der Waals surface area contributed by atoms with Crippen LogP contribution in [0.1, 0.15) is 0 Å². The van der Waals surface area contributed by atoms with Crippen LogP contribution in [-0.2, 0) is 10.1 Å². The molecule has 0 bridgehead atoms. The minimum atomic E-state index is -3.67. The molecule has 122 valence electrons. The zero-order valence-corrected chi connectivity index (χ0v) is 12.6. The summed E-state index contributed by atoms with van der Waals surface area (Å²) in [6.45, 7) is 0. The largest absolute Gasteiger partial charge is 0.370 e. The maximum absolute atomic E-state index is 11.1. The molecule has 13 heteroatoms. The van der Waals surface area contributed by atoms with Crippen molar-refractivity contribution in [2.75, 3.05) is 11.6 Å². The number of rotatable bonds is 2. The maximum Gasteiger partial charge on any atom is 0.348 e. The first kappa shape index (κ1) is 19.6. The van der Waals surface area contributed by atoms with Crippen molar-refractivity contribution in [2.45, 2.75) is 0 Å². The van der Waals surface area contributed by atoms with Gasteiger partial charge in [0.15, 0.2) is 5.96 Å². The summed E-state index contributed by atoms with van der Waals surface area (Å²) >= 11 is 5.64. The number of nitrogens with zero attached hydrogens (tertiary/aromatic N) is 2. The molecule has 1 aromatic rings. The molecule has 6 N–H and O–H groups in total. The fourth-order valence-electron chi connectivity index (χ4n) is 1.00. The van der Waals surface area contributed by atoms with Crippen LogP contribution in [0.5, 0.6) is 0 Å². The van der Waals surface area contributed by atoms with E-state index in [0.29, 0.717) is 6.26 Å². The van der Waals surface area contributed by atoms with Gasteiger partial charge in [-0.1, -0.05) is 11.6 Å². The third kappa shape index (κ3) is 9.46. The number of halogens is 1. The molecule has 0 aromatic heterocycles. The molecule has 2 amide bonds. The number of anilines is 1. The first-order valence-electron chi connectivity index (χ1n) is 5.17. The van der Waals surface area contributed by atoms with Crippen molar-refractivity contribution < 1.29 is 22.7 Å². The Balaban J connectivity index is 0.000000763. The number of benzene rings is 1. The Labute approximate surface area is 129 Å². The third-order valence-corrected chi connectivity index (χ3v) is 1.93. The second kappa shape index (κ2) is 8.11. The Morgan fingerprint density at radius 2 is 1.95 bits per heavy atom. The van der Waals surface area contributed by atoms with Crippen molar-refractivity contribution in [2.24, 2.45) is 16.5 Å². The molecule has 11 nitrogen and oxygen atoms in total. The lowest BCUT2D eigenvalue weighted by molar-refractivity contribution is -0.384. The summed E-state index contributed by atoms with van der Waals surface area (Å²) < 4.78 is 25.9. The van der Waals surface area contributed by atoms with Gasteiger partial charge in [0.25, 0.3) is 15.8 Å². The number of aliphatic imine (C=N–C) groups is 1. The smallest absolute Gasteiger partial charge is 0.348 e. The summed E-state index contributed by atoms with van der Waals surface area (Å²) in [6, 6.07) is 2.90. The van der Waals surface area contributed by atoms with E-state index in [4.69, 9.17) is 27.6 Å². The number of carbonyl (C=O) groups excluding carboxylic acids is 1. The number of carbonyl (C=O) groups is 1. The number of hydrogen-bond donors (Lipinski definition) is 4. The molecular formula is C9H12ClN5O6S. The van der Waals surface area contributed by atoms with Gasteiger partial charge in [0.1, 0.15) is 5.02 Å². The number of nitro benzene ring substituents is 1. The summed E-state index contributed by atoms with van der Waals surface area (Å²) in [5, 5.41) is 12.7. The lowest BCUT2D eigenvalue weighted by atomic mass is 10.3. The molecule has 0 aliphatic heterocycles. The van der Waals surface area contributed by atoms with E-state index in [1.165, 1.54) is 12.1 Å². The fourth-order valence-corrected chi connectivity index (χ4v) is 1.25. The molecule has 0 saturated heterocycles. The topological polar surface area (TPSA) is 191 Å². The summed E-state index contributed by atoms with van der Waals surface area (Å²) in [7, 11) is -3.67. The molecule has 0 radical (unpaired) electrons. The van der Waals surface area contributed by atoms with Crippen LogP contribution in [0.25, 0.3) is 0 Å². The predicted molar refractivity (Wildman–Crippen MR) is 80.4 cm³/mol. The van der Waals surface area contributed by atoms with Gasteiger partial charge in [-0.05, 0) is 12.1 Å². The van der Waals surface area contributed by atoms with E-state index in [1.54, 1.807) is 0 Å². The highest BCUT2D eigenvalue weighted by Gasteiger charge is 2.12. The Hall–Kier alpha value is -2.44. The van der Waals surface area contributed by atoms with Crippen LogP contribution in [0.2, 0.25) is 5.02 Å². The molecule has 0 aliphatic rings. The molecule has 1 aromatic carbocycles. The molecule has 0 atom stereocenters. The Morgan fingerprint density at radius 1 is 1.45 bits per heavy atom. The highest BCUT2D eigenvalue weighted by molar-refractivity contribution is 7.85. The van der Waals surface area contributed by atoms with Crippen molar-refractivity contribution in [3.8, 4) is 0 Å². The highest BCUT2D eigenvalue weighted by Crippen LogP contribution is 2.27. The monoisotopic (exact) mass is 353 g/mol. The molecule has 0 saturated carbocycles. The Morgan fingerprint density at radius 3 is 2.32 bits per heavy atom. The lowest BCUT2D eigenvalue weighted by Gasteiger charge is -2.02. The quantitative estimate of drug-likeness (QED) is 0.195. The van der Waals surface area contributed by atoms with E-state index >= 15 is 0 Å². The second-order valence-corrected chi connectivity index (χ2v) is 5.50. The third-order valence-electron chi connectivity index (χ3n) is 1.63. The van der Waals surface area contributed by atoms with Crippen LogP contribution in [-0.4, -0.2) is 36.1 Å². The van der Waals surface area contributed by atoms with Gasteiger partial charge in [-0.3, -0.25) is 14.7 Å². The predicted octanol–water partition coefficient (Wildman–Crippen LogP) is 0.558. The molecule has 0 unspecified atom stereocenters. The van der Waals surface area contributed by atoms with Crippen molar-refractivity contribution in [1.29, 1.82) is 0 Å². The van der Waals surface area contributed by atoms with Gasteiger partial charge in [-0.25, -0.2) is 4.79 Å². The molecule has 0 heterocycles. The van der Waals surface area contributed by atoms with Gasteiger partial charge in [0.05, 0.1) is 11.2 Å². The maximum atomic E-state index is 11.1.